The topological polar surface area (TPSA) is 99.2 Å². The van der Waals surface area contributed by atoms with Crippen LogP contribution in [-0.2, 0) is 0 Å². The van der Waals surface area contributed by atoms with E-state index in [1.54, 1.807) is 22.8 Å². The van der Waals surface area contributed by atoms with E-state index in [-0.39, 0.29) is 11.0 Å². The Morgan fingerprint density at radius 2 is 2.16 bits per heavy atom. The standard InChI is InChI=1S/C16H15FN6O2/c17-11-7-22(8-16(11)2-3-16)13-5-10(20-12-1-4-19-23(12)13)9-6-18-15(25)21-14(9)24/h1,4-6,11H,2-3,7-8H2,(H2,18,21,24,25). The van der Waals surface area contributed by atoms with Crippen LogP contribution in [0.5, 0.6) is 0 Å². The van der Waals surface area contributed by atoms with Crippen LogP contribution in [0, 0.1) is 5.41 Å². The van der Waals surface area contributed by atoms with Gasteiger partial charge in [0.15, 0.2) is 5.65 Å². The van der Waals surface area contributed by atoms with Crippen molar-refractivity contribution in [2.24, 2.45) is 5.41 Å². The molecule has 1 saturated carbocycles. The summed E-state index contributed by atoms with van der Waals surface area (Å²) in [4.78, 5) is 34.4. The molecule has 9 heteroatoms. The van der Waals surface area contributed by atoms with Crippen LogP contribution in [0.3, 0.4) is 0 Å². The Bertz CT molecular complexity index is 1100. The first kappa shape index (κ1) is 14.4. The molecule has 25 heavy (non-hydrogen) atoms. The molecule has 8 nitrogen and oxygen atoms in total. The second kappa shape index (κ2) is 4.78. The Morgan fingerprint density at radius 3 is 2.88 bits per heavy atom. The van der Waals surface area contributed by atoms with Gasteiger partial charge in [0, 0.05) is 30.3 Å². The average molecular weight is 342 g/mol. The summed E-state index contributed by atoms with van der Waals surface area (Å²) in [5, 5.41) is 4.27. The van der Waals surface area contributed by atoms with Gasteiger partial charge in [-0.05, 0) is 12.8 Å². The zero-order valence-electron chi connectivity index (χ0n) is 13.2. The van der Waals surface area contributed by atoms with Crippen LogP contribution in [0.4, 0.5) is 10.2 Å². The average Bonchev–Trinajstić information content (AvgIpc) is 3.07. The summed E-state index contributed by atoms with van der Waals surface area (Å²) in [7, 11) is 0. The first-order chi connectivity index (χ1) is 12.1. The highest BCUT2D eigenvalue weighted by atomic mass is 19.1. The fourth-order valence-corrected chi connectivity index (χ4v) is 3.60. The van der Waals surface area contributed by atoms with Crippen molar-refractivity contribution in [3.63, 3.8) is 0 Å². The maximum atomic E-state index is 14.4. The molecule has 128 valence electrons. The van der Waals surface area contributed by atoms with E-state index in [0.29, 0.717) is 30.2 Å². The van der Waals surface area contributed by atoms with Crippen LogP contribution in [0.15, 0.2) is 34.1 Å². The van der Waals surface area contributed by atoms with Crippen molar-refractivity contribution in [3.8, 4) is 11.3 Å². The highest BCUT2D eigenvalue weighted by molar-refractivity contribution is 5.66. The zero-order valence-corrected chi connectivity index (χ0v) is 13.2. The van der Waals surface area contributed by atoms with Crippen molar-refractivity contribution in [1.29, 1.82) is 0 Å². The van der Waals surface area contributed by atoms with E-state index in [1.165, 1.54) is 6.20 Å². The number of nitrogens with one attached hydrogen (secondary N) is 2. The molecule has 3 aromatic heterocycles. The molecule has 1 aliphatic heterocycles. The van der Waals surface area contributed by atoms with Crippen molar-refractivity contribution in [2.45, 2.75) is 19.0 Å². The predicted molar refractivity (Wildman–Crippen MR) is 88.4 cm³/mol. The lowest BCUT2D eigenvalue weighted by Crippen LogP contribution is -2.25. The summed E-state index contributed by atoms with van der Waals surface area (Å²) in [6.45, 7) is 0.939. The van der Waals surface area contributed by atoms with E-state index >= 15 is 0 Å². The molecule has 3 aromatic rings. The van der Waals surface area contributed by atoms with Crippen LogP contribution >= 0.6 is 0 Å². The third kappa shape index (κ3) is 2.11. The van der Waals surface area contributed by atoms with Gasteiger partial charge in [0.25, 0.3) is 5.56 Å². The minimum Gasteiger partial charge on any atom is -0.353 e. The van der Waals surface area contributed by atoms with Crippen LogP contribution in [-0.4, -0.2) is 43.8 Å². The summed E-state index contributed by atoms with van der Waals surface area (Å²) < 4.78 is 16.0. The van der Waals surface area contributed by atoms with Crippen LogP contribution in [0.25, 0.3) is 16.9 Å². The molecule has 0 aromatic carbocycles. The second-order valence-corrected chi connectivity index (χ2v) is 6.80. The van der Waals surface area contributed by atoms with Gasteiger partial charge >= 0.3 is 5.69 Å². The van der Waals surface area contributed by atoms with E-state index in [1.807, 2.05) is 4.90 Å². The molecule has 4 heterocycles. The number of anilines is 1. The summed E-state index contributed by atoms with van der Waals surface area (Å²) >= 11 is 0. The number of fused-ring (bicyclic) bond motifs is 1. The van der Waals surface area contributed by atoms with Crippen molar-refractivity contribution in [2.75, 3.05) is 18.0 Å². The molecule has 1 saturated heterocycles. The maximum Gasteiger partial charge on any atom is 0.325 e. The van der Waals surface area contributed by atoms with Gasteiger partial charge in [-0.25, -0.2) is 14.2 Å². The van der Waals surface area contributed by atoms with Crippen LogP contribution in [0.2, 0.25) is 0 Å². The number of hydrogen-bond donors (Lipinski definition) is 2. The SMILES string of the molecule is O=c1[nH]cc(-c2cc(N3CC(F)C4(CC4)C3)n3nccc3n2)c(=O)[nH]1. The largest absolute Gasteiger partial charge is 0.353 e. The lowest BCUT2D eigenvalue weighted by Gasteiger charge is -2.19. The molecule has 0 radical (unpaired) electrons. The molecule has 2 N–H and O–H groups in total. The first-order valence-electron chi connectivity index (χ1n) is 8.12. The Balaban J connectivity index is 1.67. The summed E-state index contributed by atoms with van der Waals surface area (Å²) in [6.07, 6.45) is 3.91. The van der Waals surface area contributed by atoms with Crippen molar-refractivity contribution < 1.29 is 4.39 Å². The van der Waals surface area contributed by atoms with E-state index < -0.39 is 17.4 Å². The van der Waals surface area contributed by atoms with E-state index in [4.69, 9.17) is 0 Å². The van der Waals surface area contributed by atoms with Gasteiger partial charge in [0.2, 0.25) is 0 Å². The third-order valence-corrected chi connectivity index (χ3v) is 5.20. The van der Waals surface area contributed by atoms with Gasteiger partial charge < -0.3 is 9.88 Å². The van der Waals surface area contributed by atoms with E-state index in [2.05, 4.69) is 20.1 Å². The van der Waals surface area contributed by atoms with Gasteiger partial charge in [-0.1, -0.05) is 0 Å². The Labute approximate surface area is 140 Å². The molecular formula is C16H15FN6O2. The second-order valence-electron chi connectivity index (χ2n) is 6.80. The molecule has 1 unspecified atom stereocenters. The van der Waals surface area contributed by atoms with E-state index in [9.17, 15) is 14.0 Å². The van der Waals surface area contributed by atoms with Gasteiger partial charge in [0.1, 0.15) is 12.0 Å². The number of aromatic amines is 2. The Kier molecular flexibility index (Phi) is 2.75. The van der Waals surface area contributed by atoms with Gasteiger partial charge in [-0.2, -0.15) is 9.61 Å². The lowest BCUT2D eigenvalue weighted by atomic mass is 10.1. The van der Waals surface area contributed by atoms with Crippen molar-refractivity contribution in [1.82, 2.24) is 24.6 Å². The lowest BCUT2D eigenvalue weighted by molar-refractivity contribution is 0.267. The third-order valence-electron chi connectivity index (χ3n) is 5.20. The molecular weight excluding hydrogens is 327 g/mol. The normalized spacial score (nSPS) is 21.3. The molecule has 5 rings (SSSR count). The highest BCUT2D eigenvalue weighted by Gasteiger charge is 2.56. The molecule has 2 aliphatic rings. The number of H-pyrrole nitrogens is 2. The maximum absolute atomic E-state index is 14.4. The zero-order chi connectivity index (χ0) is 17.2. The Hall–Kier alpha value is -2.97. The fourth-order valence-electron chi connectivity index (χ4n) is 3.60. The van der Waals surface area contributed by atoms with Gasteiger partial charge in [-0.15, -0.1) is 0 Å². The Morgan fingerprint density at radius 1 is 1.32 bits per heavy atom. The van der Waals surface area contributed by atoms with Crippen molar-refractivity contribution >= 4 is 11.5 Å². The predicted octanol–water partition coefficient (Wildman–Crippen LogP) is 0.711. The smallest absolute Gasteiger partial charge is 0.325 e. The summed E-state index contributed by atoms with van der Waals surface area (Å²) in [5.41, 5.74) is -0.0951. The molecule has 0 bridgehead atoms. The summed E-state index contributed by atoms with van der Waals surface area (Å²) in [5.74, 6) is 0.696. The molecule has 1 atom stereocenters. The quantitative estimate of drug-likeness (QED) is 0.715. The molecule has 0 amide bonds. The van der Waals surface area contributed by atoms with E-state index in [0.717, 1.165) is 12.8 Å². The van der Waals surface area contributed by atoms with Gasteiger partial charge in [-0.3, -0.25) is 9.78 Å². The molecule has 1 spiro atoms. The monoisotopic (exact) mass is 342 g/mol. The first-order valence-corrected chi connectivity index (χ1v) is 8.12. The number of rotatable bonds is 2. The summed E-state index contributed by atoms with van der Waals surface area (Å²) in [6, 6.07) is 3.44. The van der Waals surface area contributed by atoms with Crippen molar-refractivity contribution in [3.05, 3.63) is 45.4 Å². The van der Waals surface area contributed by atoms with Crippen LogP contribution in [0.1, 0.15) is 12.8 Å². The number of alkyl halides is 1. The number of aromatic nitrogens is 5. The number of halogens is 1. The fraction of sp³-hybridized carbons (Fsp3) is 0.375. The minimum absolute atomic E-state index is 0.224. The minimum atomic E-state index is -0.855. The highest BCUT2D eigenvalue weighted by Crippen LogP contribution is 2.54. The number of nitrogens with zero attached hydrogens (tertiary/aromatic N) is 4. The number of hydrogen-bond acceptors (Lipinski definition) is 5. The van der Waals surface area contributed by atoms with Gasteiger partial charge in [0.05, 0.1) is 24.0 Å². The van der Waals surface area contributed by atoms with Crippen LogP contribution < -0.4 is 16.1 Å². The molecule has 2 fully saturated rings. The molecule has 1 aliphatic carbocycles.